The standard InChI is InChI=1S/C21H22FN3O3S2/c22-16-4-6-17(7-5-16)24-10-12-25(13-11-24)30(26,27)20-9-8-19(29-20)18-14-23-21(28-18)15-2-1-3-15/h4-9,14-15H,1-3,10-13H2. The van der Waals surface area contributed by atoms with Gasteiger partial charge in [-0.15, -0.1) is 11.3 Å². The molecule has 1 aromatic carbocycles. The predicted molar refractivity (Wildman–Crippen MR) is 114 cm³/mol. The minimum atomic E-state index is -3.56. The van der Waals surface area contributed by atoms with Gasteiger partial charge in [-0.1, -0.05) is 6.42 Å². The van der Waals surface area contributed by atoms with Gasteiger partial charge in [-0.2, -0.15) is 4.31 Å². The second-order valence-electron chi connectivity index (χ2n) is 7.68. The average Bonchev–Trinajstić information content (AvgIpc) is 3.37. The SMILES string of the molecule is O=S(=O)(c1ccc(-c2cnc(C3CCC3)o2)s1)N1CCN(c2ccc(F)cc2)CC1. The number of hydrogen-bond donors (Lipinski definition) is 0. The molecule has 1 saturated heterocycles. The fraction of sp³-hybridized carbons (Fsp3) is 0.381. The van der Waals surface area contributed by atoms with Crippen molar-refractivity contribution in [3.63, 3.8) is 0 Å². The molecule has 0 N–H and O–H groups in total. The maximum absolute atomic E-state index is 13.1. The molecular formula is C21H22FN3O3S2. The number of halogens is 1. The fourth-order valence-electron chi connectivity index (χ4n) is 3.80. The predicted octanol–water partition coefficient (Wildman–Crippen LogP) is 4.32. The summed E-state index contributed by atoms with van der Waals surface area (Å²) in [7, 11) is -3.56. The number of sulfonamides is 1. The first-order valence-corrected chi connectivity index (χ1v) is 12.3. The van der Waals surface area contributed by atoms with E-state index in [0.29, 0.717) is 42.1 Å². The van der Waals surface area contributed by atoms with Crippen molar-refractivity contribution in [2.45, 2.75) is 29.4 Å². The zero-order chi connectivity index (χ0) is 20.7. The van der Waals surface area contributed by atoms with E-state index < -0.39 is 10.0 Å². The van der Waals surface area contributed by atoms with E-state index in [2.05, 4.69) is 9.88 Å². The normalized spacial score (nSPS) is 18.5. The first-order valence-electron chi connectivity index (χ1n) is 10.1. The largest absolute Gasteiger partial charge is 0.440 e. The molecular weight excluding hydrogens is 425 g/mol. The summed E-state index contributed by atoms with van der Waals surface area (Å²) in [4.78, 5) is 7.22. The Labute approximate surface area is 179 Å². The van der Waals surface area contributed by atoms with Gasteiger partial charge in [0.2, 0.25) is 0 Å². The molecule has 2 fully saturated rings. The number of benzene rings is 1. The molecule has 3 aromatic rings. The van der Waals surface area contributed by atoms with Gasteiger partial charge in [0.15, 0.2) is 11.7 Å². The Morgan fingerprint density at radius 1 is 1.03 bits per heavy atom. The van der Waals surface area contributed by atoms with Gasteiger partial charge in [0.05, 0.1) is 11.1 Å². The van der Waals surface area contributed by atoms with E-state index in [0.717, 1.165) is 29.3 Å². The van der Waals surface area contributed by atoms with E-state index in [4.69, 9.17) is 4.42 Å². The molecule has 0 radical (unpaired) electrons. The number of aromatic nitrogens is 1. The number of rotatable bonds is 5. The van der Waals surface area contributed by atoms with Crippen molar-refractivity contribution < 1.29 is 17.2 Å². The summed E-state index contributed by atoms with van der Waals surface area (Å²) < 4.78 is 47.1. The molecule has 9 heteroatoms. The lowest BCUT2D eigenvalue weighted by Gasteiger charge is -2.35. The van der Waals surface area contributed by atoms with E-state index >= 15 is 0 Å². The number of hydrogen-bond acceptors (Lipinski definition) is 6. The Kier molecular flexibility index (Phi) is 5.12. The number of thiophene rings is 1. The highest BCUT2D eigenvalue weighted by Gasteiger charge is 2.30. The van der Waals surface area contributed by atoms with Crippen LogP contribution in [0, 0.1) is 5.82 Å². The Bertz CT molecular complexity index is 1130. The van der Waals surface area contributed by atoms with E-state index in [9.17, 15) is 12.8 Å². The zero-order valence-electron chi connectivity index (χ0n) is 16.3. The van der Waals surface area contributed by atoms with Crippen LogP contribution in [0.4, 0.5) is 10.1 Å². The third kappa shape index (κ3) is 3.66. The molecule has 30 heavy (non-hydrogen) atoms. The van der Waals surface area contributed by atoms with Crippen LogP contribution in [-0.4, -0.2) is 43.9 Å². The van der Waals surface area contributed by atoms with Crippen LogP contribution >= 0.6 is 11.3 Å². The molecule has 2 aliphatic rings. The minimum Gasteiger partial charge on any atom is -0.440 e. The van der Waals surface area contributed by atoms with Crippen molar-refractivity contribution in [1.82, 2.24) is 9.29 Å². The topological polar surface area (TPSA) is 66.7 Å². The van der Waals surface area contributed by atoms with Crippen molar-refractivity contribution in [3.8, 4) is 10.6 Å². The molecule has 2 aromatic heterocycles. The number of piperazine rings is 1. The summed E-state index contributed by atoms with van der Waals surface area (Å²) in [6, 6.07) is 9.72. The average molecular weight is 448 g/mol. The zero-order valence-corrected chi connectivity index (χ0v) is 18.0. The second-order valence-corrected chi connectivity index (χ2v) is 10.9. The molecule has 158 valence electrons. The Morgan fingerprint density at radius 3 is 2.43 bits per heavy atom. The highest BCUT2D eigenvalue weighted by Crippen LogP contribution is 2.39. The molecule has 1 aliphatic heterocycles. The molecule has 3 heterocycles. The van der Waals surface area contributed by atoms with Crippen molar-refractivity contribution in [2.24, 2.45) is 0 Å². The van der Waals surface area contributed by atoms with Crippen LogP contribution in [-0.2, 0) is 10.0 Å². The number of nitrogens with zero attached hydrogens (tertiary/aromatic N) is 3. The number of anilines is 1. The minimum absolute atomic E-state index is 0.278. The first-order chi connectivity index (χ1) is 14.5. The van der Waals surface area contributed by atoms with E-state index in [1.165, 1.54) is 34.2 Å². The highest BCUT2D eigenvalue weighted by molar-refractivity contribution is 7.91. The van der Waals surface area contributed by atoms with Crippen LogP contribution < -0.4 is 4.90 Å². The van der Waals surface area contributed by atoms with Crippen LogP contribution in [0.1, 0.15) is 31.1 Å². The maximum atomic E-state index is 13.1. The molecule has 6 nitrogen and oxygen atoms in total. The Balaban J connectivity index is 1.28. The van der Waals surface area contributed by atoms with Gasteiger partial charge in [-0.3, -0.25) is 0 Å². The lowest BCUT2D eigenvalue weighted by atomic mass is 9.85. The summed E-state index contributed by atoms with van der Waals surface area (Å²) in [6.07, 6.45) is 5.11. The molecule has 1 saturated carbocycles. The van der Waals surface area contributed by atoms with Gasteiger partial charge in [-0.25, -0.2) is 17.8 Å². The van der Waals surface area contributed by atoms with Gasteiger partial charge in [0.25, 0.3) is 10.0 Å². The molecule has 1 aliphatic carbocycles. The van der Waals surface area contributed by atoms with Gasteiger partial charge in [-0.05, 0) is 49.2 Å². The van der Waals surface area contributed by atoms with Crippen molar-refractivity contribution >= 4 is 27.0 Å². The monoisotopic (exact) mass is 447 g/mol. The van der Waals surface area contributed by atoms with Crippen LogP contribution in [0.15, 0.2) is 51.2 Å². The molecule has 0 amide bonds. The summed E-state index contributed by atoms with van der Waals surface area (Å²) in [5, 5.41) is 0. The van der Waals surface area contributed by atoms with Crippen LogP contribution in [0.2, 0.25) is 0 Å². The van der Waals surface area contributed by atoms with Crippen LogP contribution in [0.5, 0.6) is 0 Å². The molecule has 0 bridgehead atoms. The molecule has 0 atom stereocenters. The fourth-order valence-corrected chi connectivity index (χ4v) is 6.63. The second kappa shape index (κ2) is 7.79. The lowest BCUT2D eigenvalue weighted by Crippen LogP contribution is -2.48. The summed E-state index contributed by atoms with van der Waals surface area (Å²) in [5.41, 5.74) is 0.902. The third-order valence-electron chi connectivity index (χ3n) is 5.83. The van der Waals surface area contributed by atoms with Crippen molar-refractivity contribution in [2.75, 3.05) is 31.1 Å². The summed E-state index contributed by atoms with van der Waals surface area (Å²) in [5.74, 6) is 1.51. The highest BCUT2D eigenvalue weighted by atomic mass is 32.2. The van der Waals surface area contributed by atoms with Crippen LogP contribution in [0.25, 0.3) is 10.6 Å². The Hall–Kier alpha value is -2.23. The smallest absolute Gasteiger partial charge is 0.252 e. The summed E-state index contributed by atoms with van der Waals surface area (Å²) >= 11 is 1.22. The first kappa shape index (κ1) is 19.7. The Morgan fingerprint density at radius 2 is 1.77 bits per heavy atom. The van der Waals surface area contributed by atoms with E-state index in [-0.39, 0.29) is 5.82 Å². The quantitative estimate of drug-likeness (QED) is 0.583. The van der Waals surface area contributed by atoms with Gasteiger partial charge >= 0.3 is 0 Å². The maximum Gasteiger partial charge on any atom is 0.252 e. The summed E-state index contributed by atoms with van der Waals surface area (Å²) in [6.45, 7) is 1.91. The van der Waals surface area contributed by atoms with E-state index in [1.54, 1.807) is 30.5 Å². The molecule has 0 unspecified atom stereocenters. The van der Waals surface area contributed by atoms with Gasteiger partial charge in [0.1, 0.15) is 10.0 Å². The van der Waals surface area contributed by atoms with Gasteiger partial charge in [0, 0.05) is 37.8 Å². The van der Waals surface area contributed by atoms with Crippen molar-refractivity contribution in [1.29, 1.82) is 0 Å². The third-order valence-corrected chi connectivity index (χ3v) is 9.29. The lowest BCUT2D eigenvalue weighted by molar-refractivity contribution is 0.338. The number of oxazole rings is 1. The molecule has 5 rings (SSSR count). The van der Waals surface area contributed by atoms with E-state index in [1.807, 2.05) is 0 Å². The molecule has 0 spiro atoms. The van der Waals surface area contributed by atoms with Gasteiger partial charge < -0.3 is 9.32 Å². The van der Waals surface area contributed by atoms with Crippen LogP contribution in [0.3, 0.4) is 0 Å². The van der Waals surface area contributed by atoms with Crippen molar-refractivity contribution in [3.05, 3.63) is 54.3 Å².